The monoisotopic (exact) mass is 453 g/mol. The Morgan fingerprint density at radius 3 is 2.82 bits per heavy atom. The molecule has 2 unspecified atom stereocenters. The molecule has 0 bridgehead atoms. The summed E-state index contributed by atoms with van der Waals surface area (Å²) in [5.41, 5.74) is 8.19. The maximum absolute atomic E-state index is 14.7. The largest absolute Gasteiger partial charge is 0.487 e. The van der Waals surface area contributed by atoms with Gasteiger partial charge in [0, 0.05) is 23.5 Å². The first-order chi connectivity index (χ1) is 15.9. The van der Waals surface area contributed by atoms with Crippen LogP contribution in [-0.2, 0) is 4.79 Å². The number of aromatic nitrogens is 4. The molecular weight excluding hydrogens is 425 g/mol. The van der Waals surface area contributed by atoms with E-state index in [1.807, 2.05) is 18.0 Å². The van der Waals surface area contributed by atoms with E-state index in [2.05, 4.69) is 25.3 Å². The van der Waals surface area contributed by atoms with Crippen molar-refractivity contribution >= 4 is 22.8 Å². The van der Waals surface area contributed by atoms with Gasteiger partial charge in [0.05, 0.1) is 24.3 Å². The number of nitrogen functional groups attached to an aromatic ring is 1. The number of halogens is 1. The van der Waals surface area contributed by atoms with Crippen LogP contribution in [0.15, 0.2) is 30.7 Å². The van der Waals surface area contributed by atoms with Crippen LogP contribution in [0.3, 0.4) is 0 Å². The van der Waals surface area contributed by atoms with Crippen molar-refractivity contribution in [2.24, 2.45) is 0 Å². The number of likely N-dealkylation sites (tertiary alicyclic amines) is 1. The number of hydrogen-bond donors (Lipinski definition) is 2. The number of carbonyl (C=O) groups excluding carboxylic acids is 1. The molecule has 0 spiro atoms. The zero-order valence-electron chi connectivity index (χ0n) is 18.8. The van der Waals surface area contributed by atoms with Gasteiger partial charge in [-0.3, -0.25) is 14.7 Å². The molecule has 0 aliphatic carbocycles. The average molecular weight is 454 g/mol. The Hall–Kier alpha value is -3.40. The van der Waals surface area contributed by atoms with Crippen LogP contribution in [0.5, 0.6) is 5.75 Å². The molecule has 3 heterocycles. The number of fused-ring (bicyclic) bond motifs is 1. The SMILES string of the molecule is Cc1ncc(-c2ccc3ncc(N)nc3c2OCC(F)CNC(=O)C2CCCCN2C)cn1. The first-order valence-corrected chi connectivity index (χ1v) is 11.0. The van der Waals surface area contributed by atoms with E-state index in [0.717, 1.165) is 25.8 Å². The Bertz CT molecular complexity index is 1130. The second kappa shape index (κ2) is 10.0. The van der Waals surface area contributed by atoms with Crippen molar-refractivity contribution in [3.8, 4) is 16.9 Å². The van der Waals surface area contributed by atoms with E-state index in [4.69, 9.17) is 10.5 Å². The van der Waals surface area contributed by atoms with Crippen molar-refractivity contribution in [3.63, 3.8) is 0 Å². The number of nitrogens with zero attached hydrogens (tertiary/aromatic N) is 5. The molecule has 0 radical (unpaired) electrons. The molecule has 10 heteroatoms. The number of benzene rings is 1. The van der Waals surface area contributed by atoms with Gasteiger partial charge < -0.3 is 15.8 Å². The second-order valence-corrected chi connectivity index (χ2v) is 8.27. The minimum absolute atomic E-state index is 0.134. The summed E-state index contributed by atoms with van der Waals surface area (Å²) in [6.07, 6.45) is 6.25. The predicted molar refractivity (Wildman–Crippen MR) is 123 cm³/mol. The van der Waals surface area contributed by atoms with Crippen LogP contribution in [0, 0.1) is 6.92 Å². The third-order valence-corrected chi connectivity index (χ3v) is 5.76. The van der Waals surface area contributed by atoms with Gasteiger partial charge in [0.2, 0.25) is 5.91 Å². The Balaban J connectivity index is 1.49. The zero-order chi connectivity index (χ0) is 23.4. The molecule has 1 aliphatic heterocycles. The van der Waals surface area contributed by atoms with Gasteiger partial charge >= 0.3 is 0 Å². The normalized spacial score (nSPS) is 17.6. The minimum atomic E-state index is -1.41. The number of ether oxygens (including phenoxy) is 1. The highest BCUT2D eigenvalue weighted by Crippen LogP contribution is 2.35. The third kappa shape index (κ3) is 5.33. The molecule has 3 aromatic rings. The van der Waals surface area contributed by atoms with E-state index < -0.39 is 6.17 Å². The lowest BCUT2D eigenvalue weighted by Crippen LogP contribution is -2.49. The molecule has 33 heavy (non-hydrogen) atoms. The first kappa shape index (κ1) is 22.8. The minimum Gasteiger partial charge on any atom is -0.487 e. The maximum Gasteiger partial charge on any atom is 0.237 e. The Morgan fingerprint density at radius 1 is 1.27 bits per heavy atom. The van der Waals surface area contributed by atoms with E-state index >= 15 is 0 Å². The molecule has 1 amide bonds. The molecular formula is C23H28FN7O2. The molecule has 9 nitrogen and oxygen atoms in total. The van der Waals surface area contributed by atoms with Gasteiger partial charge in [-0.2, -0.15) is 0 Å². The van der Waals surface area contributed by atoms with Crippen molar-refractivity contribution < 1.29 is 13.9 Å². The van der Waals surface area contributed by atoms with Gasteiger partial charge in [0.25, 0.3) is 0 Å². The van der Waals surface area contributed by atoms with Crippen LogP contribution < -0.4 is 15.8 Å². The van der Waals surface area contributed by atoms with Gasteiger partial charge in [-0.15, -0.1) is 0 Å². The molecule has 2 atom stereocenters. The molecule has 0 saturated carbocycles. The van der Waals surface area contributed by atoms with E-state index in [1.54, 1.807) is 25.4 Å². The lowest BCUT2D eigenvalue weighted by molar-refractivity contribution is -0.127. The van der Waals surface area contributed by atoms with E-state index in [-0.39, 0.29) is 30.9 Å². The Labute approximate surface area is 191 Å². The number of carbonyl (C=O) groups is 1. The topological polar surface area (TPSA) is 119 Å². The van der Waals surface area contributed by atoms with Crippen LogP contribution in [0.2, 0.25) is 0 Å². The number of aryl methyl sites for hydroxylation is 1. The van der Waals surface area contributed by atoms with Crippen LogP contribution in [0.1, 0.15) is 25.1 Å². The van der Waals surface area contributed by atoms with E-state index in [1.165, 1.54) is 6.20 Å². The number of rotatable bonds is 7. The van der Waals surface area contributed by atoms with Crippen molar-refractivity contribution in [2.75, 3.05) is 32.5 Å². The summed E-state index contributed by atoms with van der Waals surface area (Å²) in [7, 11) is 1.92. The number of piperidine rings is 1. The maximum atomic E-state index is 14.7. The standard InChI is InChI=1S/C23H28FN7O2/c1-14-26-9-15(10-27-14)17-6-7-18-21(30-20(25)12-28-18)22(17)33-13-16(24)11-29-23(32)19-5-3-4-8-31(19)2/h6-7,9-10,12,16,19H,3-5,8,11,13H2,1-2H3,(H2,25,30)(H,29,32). The van der Waals surface area contributed by atoms with Gasteiger partial charge in [-0.05, 0) is 45.5 Å². The Morgan fingerprint density at radius 2 is 2.06 bits per heavy atom. The number of nitrogens with two attached hydrogens (primary N) is 1. The van der Waals surface area contributed by atoms with E-state index in [9.17, 15) is 9.18 Å². The lowest BCUT2D eigenvalue weighted by Gasteiger charge is -2.31. The fourth-order valence-electron chi connectivity index (χ4n) is 3.94. The summed E-state index contributed by atoms with van der Waals surface area (Å²) in [4.78, 5) is 31.6. The van der Waals surface area contributed by atoms with Gasteiger partial charge in [-0.25, -0.2) is 19.3 Å². The highest BCUT2D eigenvalue weighted by atomic mass is 19.1. The van der Waals surface area contributed by atoms with Crippen LogP contribution in [0.4, 0.5) is 10.2 Å². The smallest absolute Gasteiger partial charge is 0.237 e. The quantitative estimate of drug-likeness (QED) is 0.559. The van der Waals surface area contributed by atoms with Crippen LogP contribution in [-0.4, -0.2) is 69.7 Å². The fraction of sp³-hybridized carbons (Fsp3) is 0.435. The van der Waals surface area contributed by atoms with Crippen molar-refractivity contribution in [1.82, 2.24) is 30.2 Å². The lowest BCUT2D eigenvalue weighted by atomic mass is 10.0. The molecule has 1 saturated heterocycles. The molecule has 3 N–H and O–H groups in total. The van der Waals surface area contributed by atoms with Gasteiger partial charge in [0.15, 0.2) is 11.9 Å². The fourth-order valence-corrected chi connectivity index (χ4v) is 3.94. The third-order valence-electron chi connectivity index (χ3n) is 5.76. The summed E-state index contributed by atoms with van der Waals surface area (Å²) >= 11 is 0. The number of alkyl halides is 1. The molecule has 4 rings (SSSR count). The average Bonchev–Trinajstić information content (AvgIpc) is 2.81. The number of likely N-dealkylation sites (N-methyl/N-ethyl adjacent to an activating group) is 1. The van der Waals surface area contributed by atoms with E-state index in [0.29, 0.717) is 33.7 Å². The van der Waals surface area contributed by atoms with Crippen LogP contribution >= 0.6 is 0 Å². The number of nitrogens with one attached hydrogen (secondary N) is 1. The van der Waals surface area contributed by atoms with Gasteiger partial charge in [0.1, 0.15) is 23.8 Å². The molecule has 1 fully saturated rings. The Kier molecular flexibility index (Phi) is 6.93. The van der Waals surface area contributed by atoms with Crippen LogP contribution in [0.25, 0.3) is 22.2 Å². The predicted octanol–water partition coefficient (Wildman–Crippen LogP) is 2.29. The number of hydrogen-bond acceptors (Lipinski definition) is 8. The highest BCUT2D eigenvalue weighted by Gasteiger charge is 2.26. The van der Waals surface area contributed by atoms with Gasteiger partial charge in [-0.1, -0.05) is 6.42 Å². The second-order valence-electron chi connectivity index (χ2n) is 8.27. The van der Waals surface area contributed by atoms with Crippen molar-refractivity contribution in [1.29, 1.82) is 0 Å². The van der Waals surface area contributed by atoms with Crippen molar-refractivity contribution in [2.45, 2.75) is 38.4 Å². The first-order valence-electron chi connectivity index (χ1n) is 11.0. The van der Waals surface area contributed by atoms with Crippen molar-refractivity contribution in [3.05, 3.63) is 36.5 Å². The molecule has 1 aromatic carbocycles. The summed E-state index contributed by atoms with van der Waals surface area (Å²) < 4.78 is 20.6. The molecule has 2 aromatic heterocycles. The highest BCUT2D eigenvalue weighted by molar-refractivity contribution is 5.90. The number of amides is 1. The summed E-state index contributed by atoms with van der Waals surface area (Å²) in [6, 6.07) is 3.39. The molecule has 1 aliphatic rings. The summed E-state index contributed by atoms with van der Waals surface area (Å²) in [5.74, 6) is 1.06. The summed E-state index contributed by atoms with van der Waals surface area (Å²) in [5, 5.41) is 2.71. The number of anilines is 1. The molecule has 174 valence electrons. The summed E-state index contributed by atoms with van der Waals surface area (Å²) in [6.45, 7) is 2.26. The zero-order valence-corrected chi connectivity index (χ0v) is 18.8.